The lowest BCUT2D eigenvalue weighted by molar-refractivity contribution is 0.0681. The number of halogens is 1. The molecule has 0 saturated carbocycles. The zero-order chi connectivity index (χ0) is 13.9. The van der Waals surface area contributed by atoms with Gasteiger partial charge < -0.3 is 9.32 Å². The second-order valence-corrected chi connectivity index (χ2v) is 6.01. The highest BCUT2D eigenvalue weighted by molar-refractivity contribution is 9.10. The number of piperidine rings is 1. The van der Waals surface area contributed by atoms with Crippen LogP contribution < -0.4 is 0 Å². The third kappa shape index (κ3) is 2.80. The smallest absolute Gasteiger partial charge is 0.289 e. The predicted octanol–water partition coefficient (Wildman–Crippen LogP) is 4.06. The van der Waals surface area contributed by atoms with Gasteiger partial charge in [-0.25, -0.2) is 0 Å². The summed E-state index contributed by atoms with van der Waals surface area (Å²) < 4.78 is 6.29. The van der Waals surface area contributed by atoms with Gasteiger partial charge in [0.25, 0.3) is 5.91 Å². The Balaban J connectivity index is 1.64. The minimum Gasteiger partial charge on any atom is -0.459 e. The standard InChI is InChI=1S/C16H16BrNO2/c17-14-4-1-3-13(11-14)12-6-8-18(9-7-12)16(19)15-5-2-10-20-15/h1-5,10-12H,6-9H2. The van der Waals surface area contributed by atoms with Gasteiger partial charge in [0.15, 0.2) is 5.76 Å². The maximum atomic E-state index is 12.2. The number of furan rings is 1. The molecule has 0 spiro atoms. The Labute approximate surface area is 126 Å². The number of benzene rings is 1. The molecule has 2 heterocycles. The van der Waals surface area contributed by atoms with Gasteiger partial charge in [0.2, 0.25) is 0 Å². The third-order valence-corrected chi connectivity index (χ3v) is 4.33. The van der Waals surface area contributed by atoms with Crippen LogP contribution in [0.25, 0.3) is 0 Å². The fourth-order valence-electron chi connectivity index (χ4n) is 2.73. The molecule has 0 unspecified atom stereocenters. The third-order valence-electron chi connectivity index (χ3n) is 3.83. The van der Waals surface area contributed by atoms with Crippen molar-refractivity contribution in [1.29, 1.82) is 0 Å². The lowest BCUT2D eigenvalue weighted by atomic mass is 9.89. The van der Waals surface area contributed by atoms with E-state index < -0.39 is 0 Å². The molecular formula is C16H16BrNO2. The van der Waals surface area contributed by atoms with Crippen molar-refractivity contribution in [1.82, 2.24) is 4.90 Å². The van der Waals surface area contributed by atoms with Crippen LogP contribution in [0.2, 0.25) is 0 Å². The zero-order valence-corrected chi connectivity index (χ0v) is 12.7. The summed E-state index contributed by atoms with van der Waals surface area (Å²) in [6.45, 7) is 1.58. The average Bonchev–Trinajstić information content (AvgIpc) is 3.01. The van der Waals surface area contributed by atoms with Crippen LogP contribution in [-0.4, -0.2) is 23.9 Å². The lowest BCUT2D eigenvalue weighted by Gasteiger charge is -2.31. The SMILES string of the molecule is O=C(c1ccco1)N1CCC(c2cccc(Br)c2)CC1. The Morgan fingerprint density at radius 1 is 1.20 bits per heavy atom. The van der Waals surface area contributed by atoms with E-state index in [-0.39, 0.29) is 5.91 Å². The second-order valence-electron chi connectivity index (χ2n) is 5.10. The van der Waals surface area contributed by atoms with E-state index in [4.69, 9.17) is 4.42 Å². The largest absolute Gasteiger partial charge is 0.459 e. The van der Waals surface area contributed by atoms with E-state index in [0.29, 0.717) is 11.7 Å². The molecule has 2 aromatic rings. The Morgan fingerprint density at radius 3 is 2.65 bits per heavy atom. The summed E-state index contributed by atoms with van der Waals surface area (Å²) in [5, 5.41) is 0. The van der Waals surface area contributed by atoms with Gasteiger partial charge in [-0.2, -0.15) is 0 Å². The molecule has 0 aliphatic carbocycles. The van der Waals surface area contributed by atoms with Gasteiger partial charge in [-0.1, -0.05) is 28.1 Å². The maximum absolute atomic E-state index is 12.2. The van der Waals surface area contributed by atoms with Crippen LogP contribution in [0.3, 0.4) is 0 Å². The van der Waals surface area contributed by atoms with Crippen molar-refractivity contribution in [3.8, 4) is 0 Å². The van der Waals surface area contributed by atoms with Gasteiger partial charge in [0.1, 0.15) is 0 Å². The number of hydrogen-bond donors (Lipinski definition) is 0. The van der Waals surface area contributed by atoms with Crippen LogP contribution in [0.1, 0.15) is 34.9 Å². The first-order valence-electron chi connectivity index (χ1n) is 6.82. The molecule has 3 rings (SSSR count). The van der Waals surface area contributed by atoms with E-state index >= 15 is 0 Å². The molecule has 1 aliphatic heterocycles. The van der Waals surface area contributed by atoms with Crippen molar-refractivity contribution >= 4 is 21.8 Å². The summed E-state index contributed by atoms with van der Waals surface area (Å²) in [7, 11) is 0. The maximum Gasteiger partial charge on any atom is 0.289 e. The summed E-state index contributed by atoms with van der Waals surface area (Å²) in [4.78, 5) is 14.1. The fourth-order valence-corrected chi connectivity index (χ4v) is 3.15. The molecule has 1 fully saturated rings. The molecule has 3 nitrogen and oxygen atoms in total. The summed E-state index contributed by atoms with van der Waals surface area (Å²) in [5.41, 5.74) is 1.35. The van der Waals surface area contributed by atoms with E-state index in [1.807, 2.05) is 11.0 Å². The van der Waals surface area contributed by atoms with Crippen molar-refractivity contribution in [3.05, 3.63) is 58.5 Å². The number of nitrogens with zero attached hydrogens (tertiary/aromatic N) is 1. The molecular weight excluding hydrogens is 318 g/mol. The molecule has 1 amide bonds. The van der Waals surface area contributed by atoms with E-state index in [1.165, 1.54) is 5.56 Å². The van der Waals surface area contributed by atoms with E-state index in [1.54, 1.807) is 18.4 Å². The number of rotatable bonds is 2. The van der Waals surface area contributed by atoms with Crippen LogP contribution >= 0.6 is 15.9 Å². The summed E-state index contributed by atoms with van der Waals surface area (Å²) in [6, 6.07) is 11.9. The van der Waals surface area contributed by atoms with Gasteiger partial charge in [0, 0.05) is 17.6 Å². The molecule has 104 valence electrons. The first-order valence-corrected chi connectivity index (χ1v) is 7.61. The summed E-state index contributed by atoms with van der Waals surface area (Å²) in [5.74, 6) is 0.974. The van der Waals surface area contributed by atoms with Gasteiger partial charge in [0.05, 0.1) is 6.26 Å². The molecule has 4 heteroatoms. The molecule has 0 bridgehead atoms. The minimum atomic E-state index is 0.00249. The minimum absolute atomic E-state index is 0.00249. The van der Waals surface area contributed by atoms with Crippen molar-refractivity contribution in [2.45, 2.75) is 18.8 Å². The van der Waals surface area contributed by atoms with Gasteiger partial charge in [-0.05, 0) is 48.6 Å². The van der Waals surface area contributed by atoms with Crippen LogP contribution in [0.5, 0.6) is 0 Å². The van der Waals surface area contributed by atoms with E-state index in [0.717, 1.165) is 30.4 Å². The Morgan fingerprint density at radius 2 is 2.00 bits per heavy atom. The highest BCUT2D eigenvalue weighted by Gasteiger charge is 2.25. The monoisotopic (exact) mass is 333 g/mol. The van der Waals surface area contributed by atoms with Crippen molar-refractivity contribution in [2.75, 3.05) is 13.1 Å². The van der Waals surface area contributed by atoms with Crippen molar-refractivity contribution < 1.29 is 9.21 Å². The highest BCUT2D eigenvalue weighted by Crippen LogP contribution is 2.30. The molecule has 1 saturated heterocycles. The van der Waals surface area contributed by atoms with E-state index in [2.05, 4.69) is 34.1 Å². The number of hydrogen-bond acceptors (Lipinski definition) is 2. The number of amides is 1. The Bertz CT molecular complexity index is 586. The molecule has 0 N–H and O–H groups in total. The summed E-state index contributed by atoms with van der Waals surface area (Å²) in [6.07, 6.45) is 3.55. The Hall–Kier alpha value is -1.55. The predicted molar refractivity (Wildman–Crippen MR) is 80.7 cm³/mol. The van der Waals surface area contributed by atoms with Crippen LogP contribution in [0, 0.1) is 0 Å². The van der Waals surface area contributed by atoms with Gasteiger partial charge in [-0.3, -0.25) is 4.79 Å². The van der Waals surface area contributed by atoms with E-state index in [9.17, 15) is 4.79 Å². The topological polar surface area (TPSA) is 33.5 Å². The summed E-state index contributed by atoms with van der Waals surface area (Å²) >= 11 is 3.51. The number of likely N-dealkylation sites (tertiary alicyclic amines) is 1. The van der Waals surface area contributed by atoms with Crippen molar-refractivity contribution in [3.63, 3.8) is 0 Å². The van der Waals surface area contributed by atoms with Crippen LogP contribution in [0.4, 0.5) is 0 Å². The zero-order valence-electron chi connectivity index (χ0n) is 11.1. The molecule has 1 aliphatic rings. The van der Waals surface area contributed by atoms with Crippen LogP contribution in [0.15, 0.2) is 51.6 Å². The molecule has 1 aromatic carbocycles. The molecule has 1 aromatic heterocycles. The second kappa shape index (κ2) is 5.83. The van der Waals surface area contributed by atoms with Crippen molar-refractivity contribution in [2.24, 2.45) is 0 Å². The lowest BCUT2D eigenvalue weighted by Crippen LogP contribution is -2.37. The highest BCUT2D eigenvalue weighted by atomic mass is 79.9. The molecule has 0 atom stereocenters. The van der Waals surface area contributed by atoms with Gasteiger partial charge >= 0.3 is 0 Å². The average molecular weight is 334 g/mol. The number of carbonyl (C=O) groups is 1. The molecule has 0 radical (unpaired) electrons. The molecule has 20 heavy (non-hydrogen) atoms. The first-order chi connectivity index (χ1) is 9.74. The first kappa shape index (κ1) is 13.4. The normalized spacial score (nSPS) is 16.4. The number of carbonyl (C=O) groups excluding carboxylic acids is 1. The Kier molecular flexibility index (Phi) is 3.92. The van der Waals surface area contributed by atoms with Crippen LogP contribution in [-0.2, 0) is 0 Å². The van der Waals surface area contributed by atoms with Gasteiger partial charge in [-0.15, -0.1) is 0 Å². The fraction of sp³-hybridized carbons (Fsp3) is 0.312. The quantitative estimate of drug-likeness (QED) is 0.830.